The highest BCUT2D eigenvalue weighted by atomic mass is 16.5. The molecule has 1 aliphatic heterocycles. The lowest BCUT2D eigenvalue weighted by molar-refractivity contribution is -0.117. The van der Waals surface area contributed by atoms with E-state index in [4.69, 9.17) is 9.47 Å². The van der Waals surface area contributed by atoms with Crippen LogP contribution in [0.2, 0.25) is 0 Å². The van der Waals surface area contributed by atoms with E-state index in [-0.39, 0.29) is 5.91 Å². The highest BCUT2D eigenvalue weighted by molar-refractivity contribution is 5.91. The number of para-hydroxylation sites is 1. The van der Waals surface area contributed by atoms with Crippen LogP contribution in [0.5, 0.6) is 5.75 Å². The van der Waals surface area contributed by atoms with E-state index in [0.717, 1.165) is 55.2 Å². The van der Waals surface area contributed by atoms with E-state index < -0.39 is 0 Å². The molecule has 1 aliphatic carbocycles. The highest BCUT2D eigenvalue weighted by Crippen LogP contribution is 2.39. The van der Waals surface area contributed by atoms with Crippen molar-refractivity contribution in [2.75, 3.05) is 25.1 Å². The number of amides is 1. The molecule has 0 spiro atoms. The van der Waals surface area contributed by atoms with E-state index in [0.29, 0.717) is 24.9 Å². The third-order valence-corrected chi connectivity index (χ3v) is 7.09. The second kappa shape index (κ2) is 10.9. The largest absolute Gasteiger partial charge is 0.493 e. The highest BCUT2D eigenvalue weighted by Gasteiger charge is 2.23. The van der Waals surface area contributed by atoms with Gasteiger partial charge >= 0.3 is 0 Å². The van der Waals surface area contributed by atoms with Crippen molar-refractivity contribution in [1.29, 1.82) is 0 Å². The molecule has 6 heteroatoms. The number of nitrogens with one attached hydrogen (secondary N) is 2. The van der Waals surface area contributed by atoms with Gasteiger partial charge in [0.05, 0.1) is 24.8 Å². The minimum atomic E-state index is 0.109. The number of H-pyrrole nitrogens is 1. The van der Waals surface area contributed by atoms with Gasteiger partial charge in [0, 0.05) is 37.3 Å². The lowest BCUT2D eigenvalue weighted by Crippen LogP contribution is -2.22. The number of carbonyl (C=O) groups is 1. The maximum Gasteiger partial charge on any atom is 0.224 e. The Bertz CT molecular complexity index is 1090. The average molecular weight is 460 g/mol. The van der Waals surface area contributed by atoms with Gasteiger partial charge in [0.15, 0.2) is 0 Å². The topological polar surface area (TPSA) is 76.2 Å². The van der Waals surface area contributed by atoms with Crippen LogP contribution >= 0.6 is 0 Å². The summed E-state index contributed by atoms with van der Waals surface area (Å²) in [5.41, 5.74) is 5.55. The molecule has 6 nitrogen and oxygen atoms in total. The van der Waals surface area contributed by atoms with Gasteiger partial charge in [-0.1, -0.05) is 24.6 Å². The number of imidazole rings is 1. The summed E-state index contributed by atoms with van der Waals surface area (Å²) in [5.74, 6) is 1.98. The number of aromatic amines is 1. The maximum atomic E-state index is 12.6. The molecule has 0 unspecified atom stereocenters. The molecule has 2 heterocycles. The van der Waals surface area contributed by atoms with Gasteiger partial charge in [0.25, 0.3) is 0 Å². The normalized spacial score (nSPS) is 16.7. The predicted octanol–water partition coefficient (Wildman–Crippen LogP) is 5.72. The summed E-state index contributed by atoms with van der Waals surface area (Å²) in [7, 11) is 0. The molecule has 0 atom stereocenters. The Hall–Kier alpha value is -3.12. The Morgan fingerprint density at radius 3 is 2.74 bits per heavy atom. The number of aromatic nitrogens is 2. The zero-order valence-corrected chi connectivity index (χ0v) is 19.6. The van der Waals surface area contributed by atoms with Crippen molar-refractivity contribution in [2.45, 2.75) is 50.9 Å². The number of hydrogen-bond donors (Lipinski definition) is 2. The van der Waals surface area contributed by atoms with Gasteiger partial charge in [0.1, 0.15) is 5.75 Å². The quantitative estimate of drug-likeness (QED) is 0.429. The van der Waals surface area contributed by atoms with E-state index in [2.05, 4.69) is 27.4 Å². The van der Waals surface area contributed by atoms with Gasteiger partial charge < -0.3 is 19.8 Å². The van der Waals surface area contributed by atoms with Crippen LogP contribution in [0.4, 0.5) is 5.69 Å². The van der Waals surface area contributed by atoms with E-state index in [1.807, 2.05) is 36.5 Å². The first-order valence-electron chi connectivity index (χ1n) is 12.5. The van der Waals surface area contributed by atoms with Crippen LogP contribution in [0.3, 0.4) is 0 Å². The van der Waals surface area contributed by atoms with Crippen molar-refractivity contribution >= 4 is 11.6 Å². The Morgan fingerprint density at radius 2 is 1.97 bits per heavy atom. The number of ether oxygens (including phenoxy) is 2. The summed E-state index contributed by atoms with van der Waals surface area (Å²) < 4.78 is 11.6. The lowest BCUT2D eigenvalue weighted by Gasteiger charge is -2.29. The zero-order valence-electron chi connectivity index (χ0n) is 19.6. The predicted molar refractivity (Wildman–Crippen MR) is 133 cm³/mol. The fourth-order valence-electron chi connectivity index (χ4n) is 4.91. The van der Waals surface area contributed by atoms with E-state index in [1.54, 1.807) is 6.33 Å². The minimum absolute atomic E-state index is 0.109. The van der Waals surface area contributed by atoms with E-state index >= 15 is 0 Å². The first-order chi connectivity index (χ1) is 16.8. The van der Waals surface area contributed by atoms with Crippen molar-refractivity contribution in [2.24, 2.45) is 5.92 Å². The van der Waals surface area contributed by atoms with Crippen LogP contribution in [0.1, 0.15) is 55.6 Å². The molecular weight excluding hydrogens is 426 g/mol. The summed E-state index contributed by atoms with van der Waals surface area (Å²) in [6, 6.07) is 14.4. The number of hydrogen-bond acceptors (Lipinski definition) is 4. The first kappa shape index (κ1) is 22.7. The van der Waals surface area contributed by atoms with Gasteiger partial charge in [0.2, 0.25) is 5.91 Å². The molecule has 2 aliphatic rings. The molecule has 2 N–H and O–H groups in total. The Morgan fingerprint density at radius 1 is 1.12 bits per heavy atom. The summed E-state index contributed by atoms with van der Waals surface area (Å²) in [6.07, 6.45) is 10.6. The fourth-order valence-corrected chi connectivity index (χ4v) is 4.91. The van der Waals surface area contributed by atoms with Crippen LogP contribution in [0.15, 0.2) is 55.0 Å². The molecule has 1 amide bonds. The summed E-state index contributed by atoms with van der Waals surface area (Å²) in [4.78, 5) is 19.9. The molecule has 178 valence electrons. The molecule has 34 heavy (non-hydrogen) atoms. The monoisotopic (exact) mass is 459 g/mol. The molecule has 3 aromatic rings. The van der Waals surface area contributed by atoms with Gasteiger partial charge in [-0.15, -0.1) is 0 Å². The van der Waals surface area contributed by atoms with Crippen LogP contribution in [-0.2, 0) is 16.0 Å². The molecule has 5 rings (SSSR count). The van der Waals surface area contributed by atoms with Crippen LogP contribution in [0, 0.1) is 5.92 Å². The third-order valence-electron chi connectivity index (χ3n) is 7.09. The average Bonchev–Trinajstić information content (AvgIpc) is 3.35. The molecule has 1 saturated heterocycles. The number of rotatable bonds is 9. The number of carbonyl (C=O) groups excluding carboxylic acids is 1. The van der Waals surface area contributed by atoms with Gasteiger partial charge in [-0.3, -0.25) is 4.79 Å². The van der Waals surface area contributed by atoms with E-state index in [1.165, 1.54) is 30.4 Å². The van der Waals surface area contributed by atoms with Crippen LogP contribution < -0.4 is 10.1 Å². The van der Waals surface area contributed by atoms with Crippen molar-refractivity contribution in [3.63, 3.8) is 0 Å². The molecule has 1 saturated carbocycles. The Balaban J connectivity index is 1.23. The maximum absolute atomic E-state index is 12.6. The smallest absolute Gasteiger partial charge is 0.224 e. The number of anilines is 1. The third kappa shape index (κ3) is 5.50. The van der Waals surface area contributed by atoms with Crippen molar-refractivity contribution in [3.8, 4) is 17.0 Å². The number of benzene rings is 2. The van der Waals surface area contributed by atoms with Gasteiger partial charge in [-0.2, -0.15) is 0 Å². The Kier molecular flexibility index (Phi) is 7.25. The second-order valence-corrected chi connectivity index (χ2v) is 9.41. The molecule has 2 fully saturated rings. The summed E-state index contributed by atoms with van der Waals surface area (Å²) >= 11 is 0. The first-order valence-corrected chi connectivity index (χ1v) is 12.5. The number of nitrogens with zero attached hydrogens (tertiary/aromatic N) is 1. The Labute approximate surface area is 201 Å². The molecular formula is C28H33N3O3. The summed E-state index contributed by atoms with van der Waals surface area (Å²) in [5, 5.41) is 3.14. The van der Waals surface area contributed by atoms with Crippen LogP contribution in [-0.4, -0.2) is 35.7 Å². The zero-order chi connectivity index (χ0) is 23.2. The van der Waals surface area contributed by atoms with Gasteiger partial charge in [-0.05, 0) is 72.9 Å². The fraction of sp³-hybridized carbons (Fsp3) is 0.429. The minimum Gasteiger partial charge on any atom is -0.493 e. The van der Waals surface area contributed by atoms with E-state index in [9.17, 15) is 4.79 Å². The SMILES string of the molecule is O=C(CC1CCOCC1)Nc1ccc(CCOc2ccccc2-c2cnc[nH]2)c(C2CCC2)c1. The van der Waals surface area contributed by atoms with Crippen molar-refractivity contribution in [1.82, 2.24) is 9.97 Å². The molecule has 2 aromatic carbocycles. The van der Waals surface area contributed by atoms with Crippen molar-refractivity contribution < 1.29 is 14.3 Å². The van der Waals surface area contributed by atoms with Crippen molar-refractivity contribution in [3.05, 3.63) is 66.1 Å². The lowest BCUT2D eigenvalue weighted by atomic mass is 9.77. The standard InChI is InChI=1S/C28H33N3O3/c32-28(16-20-10-13-33-14-11-20)31-23-9-8-22(25(17-23)21-4-3-5-21)12-15-34-27-7-2-1-6-24(27)26-18-29-19-30-26/h1-2,6-9,17-21H,3-5,10-16H2,(H,29,30)(H,31,32). The summed E-state index contributed by atoms with van der Waals surface area (Å²) in [6.45, 7) is 2.14. The molecule has 1 aromatic heterocycles. The van der Waals surface area contributed by atoms with Gasteiger partial charge in [-0.25, -0.2) is 4.98 Å². The molecule has 0 radical (unpaired) electrons. The second-order valence-electron chi connectivity index (χ2n) is 9.41. The van der Waals surface area contributed by atoms with Crippen LogP contribution in [0.25, 0.3) is 11.3 Å². The molecule has 0 bridgehead atoms.